The molecule has 0 spiro atoms. The van der Waals surface area contributed by atoms with E-state index in [1.165, 1.54) is 0 Å². The SMILES string of the molecule is C=CCOPCC=C. The largest absolute Gasteiger partial charge is 0.358 e. The minimum atomic E-state index is 0.550. The quantitative estimate of drug-likeness (QED) is 0.314. The molecule has 0 radical (unpaired) electrons. The van der Waals surface area contributed by atoms with Crippen molar-refractivity contribution >= 4 is 8.81 Å². The number of allylic oxidation sites excluding steroid dienone is 1. The third-order valence-corrected chi connectivity index (χ3v) is 1.36. The van der Waals surface area contributed by atoms with Crippen molar-refractivity contribution in [2.75, 3.05) is 12.8 Å². The second kappa shape index (κ2) is 6.87. The summed E-state index contributed by atoms with van der Waals surface area (Å²) in [4.78, 5) is 0. The molecule has 2 heteroatoms. The van der Waals surface area contributed by atoms with Gasteiger partial charge in [-0.15, -0.1) is 13.2 Å². The maximum Gasteiger partial charge on any atom is 0.0684 e. The second-order valence-electron chi connectivity index (χ2n) is 1.24. The molecule has 0 saturated carbocycles. The van der Waals surface area contributed by atoms with E-state index in [0.29, 0.717) is 15.4 Å². The highest BCUT2D eigenvalue weighted by Gasteiger charge is 1.77. The molecule has 0 fully saturated rings. The number of hydrogen-bond donors (Lipinski definition) is 0. The highest BCUT2D eigenvalue weighted by Crippen LogP contribution is 2.09. The van der Waals surface area contributed by atoms with Crippen molar-refractivity contribution in [3.63, 3.8) is 0 Å². The van der Waals surface area contributed by atoms with E-state index in [9.17, 15) is 0 Å². The van der Waals surface area contributed by atoms with Gasteiger partial charge in [-0.25, -0.2) is 0 Å². The predicted octanol–water partition coefficient (Wildman–Crippen LogP) is 1.97. The Morgan fingerprint density at radius 3 is 2.62 bits per heavy atom. The van der Waals surface area contributed by atoms with Gasteiger partial charge in [0.1, 0.15) is 0 Å². The average Bonchev–Trinajstić information content (AvgIpc) is 1.81. The van der Waals surface area contributed by atoms with Crippen molar-refractivity contribution in [2.45, 2.75) is 0 Å². The highest BCUT2D eigenvalue weighted by atomic mass is 31.1. The van der Waals surface area contributed by atoms with Crippen molar-refractivity contribution in [3.8, 4) is 0 Å². The van der Waals surface area contributed by atoms with Crippen molar-refractivity contribution in [3.05, 3.63) is 25.3 Å². The van der Waals surface area contributed by atoms with Gasteiger partial charge in [0.2, 0.25) is 0 Å². The van der Waals surface area contributed by atoms with Gasteiger partial charge in [0.05, 0.1) is 6.61 Å². The predicted molar refractivity (Wildman–Crippen MR) is 39.5 cm³/mol. The first-order chi connectivity index (χ1) is 3.91. The lowest BCUT2D eigenvalue weighted by Gasteiger charge is -1.93. The zero-order chi connectivity index (χ0) is 6.24. The molecule has 0 saturated heterocycles. The van der Waals surface area contributed by atoms with E-state index in [1.807, 2.05) is 6.08 Å². The first-order valence-electron chi connectivity index (χ1n) is 2.48. The average molecular weight is 130 g/mol. The van der Waals surface area contributed by atoms with E-state index in [2.05, 4.69) is 13.2 Å². The minimum Gasteiger partial charge on any atom is -0.358 e. The molecular weight excluding hydrogens is 119 g/mol. The van der Waals surface area contributed by atoms with Crippen molar-refractivity contribution in [1.29, 1.82) is 0 Å². The zero-order valence-electron chi connectivity index (χ0n) is 4.89. The fourth-order valence-electron chi connectivity index (χ4n) is 0.236. The maximum atomic E-state index is 5.06. The summed E-state index contributed by atoms with van der Waals surface area (Å²) in [5.74, 6) is 0. The molecule has 0 heterocycles. The van der Waals surface area contributed by atoms with Crippen LogP contribution in [0.25, 0.3) is 0 Å². The van der Waals surface area contributed by atoms with Crippen LogP contribution in [-0.4, -0.2) is 12.8 Å². The second-order valence-corrected chi connectivity index (χ2v) is 2.22. The van der Waals surface area contributed by atoms with E-state index >= 15 is 0 Å². The summed E-state index contributed by atoms with van der Waals surface area (Å²) in [5.41, 5.74) is 0. The first-order valence-corrected chi connectivity index (χ1v) is 3.59. The molecule has 0 aromatic rings. The Bertz CT molecular complexity index is 60.9. The van der Waals surface area contributed by atoms with E-state index < -0.39 is 0 Å². The standard InChI is InChI=1S/C6H11OP/c1-3-5-7-8-6-4-2/h3-4,8H,1-2,5-6H2. The molecule has 0 amide bonds. The molecule has 0 aliphatic heterocycles. The van der Waals surface area contributed by atoms with Crippen LogP contribution in [-0.2, 0) is 4.52 Å². The molecular formula is C6H11OP. The van der Waals surface area contributed by atoms with Crippen LogP contribution in [0.4, 0.5) is 0 Å². The molecule has 0 aromatic heterocycles. The van der Waals surface area contributed by atoms with Crippen LogP contribution in [0.5, 0.6) is 0 Å². The molecule has 8 heavy (non-hydrogen) atoms. The molecule has 0 N–H and O–H groups in total. The molecule has 1 atom stereocenters. The normalized spacial score (nSPS) is 10.0. The van der Waals surface area contributed by atoms with Gasteiger partial charge in [0.25, 0.3) is 0 Å². The van der Waals surface area contributed by atoms with Crippen molar-refractivity contribution in [2.24, 2.45) is 0 Å². The van der Waals surface area contributed by atoms with Crippen LogP contribution in [0.15, 0.2) is 25.3 Å². The molecule has 0 rings (SSSR count). The van der Waals surface area contributed by atoms with E-state index in [0.717, 1.165) is 6.16 Å². The lowest BCUT2D eigenvalue weighted by atomic mass is 10.7. The lowest BCUT2D eigenvalue weighted by Crippen LogP contribution is -1.76. The van der Waals surface area contributed by atoms with Gasteiger partial charge >= 0.3 is 0 Å². The van der Waals surface area contributed by atoms with Gasteiger partial charge in [-0.05, 0) is 0 Å². The molecule has 0 aromatic carbocycles. The zero-order valence-corrected chi connectivity index (χ0v) is 5.89. The monoisotopic (exact) mass is 130 g/mol. The Hall–Kier alpha value is -0.130. The van der Waals surface area contributed by atoms with E-state index in [4.69, 9.17) is 4.52 Å². The molecule has 0 aliphatic carbocycles. The van der Waals surface area contributed by atoms with Crippen LogP contribution < -0.4 is 0 Å². The van der Waals surface area contributed by atoms with Gasteiger partial charge in [-0.2, -0.15) is 0 Å². The minimum absolute atomic E-state index is 0.550. The smallest absolute Gasteiger partial charge is 0.0684 e. The summed E-state index contributed by atoms with van der Waals surface area (Å²) in [6.45, 7) is 7.73. The summed E-state index contributed by atoms with van der Waals surface area (Å²) in [7, 11) is 0.550. The Balaban J connectivity index is 2.71. The lowest BCUT2D eigenvalue weighted by molar-refractivity contribution is 0.418. The fourth-order valence-corrected chi connectivity index (χ4v) is 0.707. The Labute approximate surface area is 52.3 Å². The molecule has 1 nitrogen and oxygen atoms in total. The van der Waals surface area contributed by atoms with E-state index in [-0.39, 0.29) is 0 Å². The summed E-state index contributed by atoms with van der Waals surface area (Å²) >= 11 is 0. The van der Waals surface area contributed by atoms with Crippen LogP contribution in [0.2, 0.25) is 0 Å². The third-order valence-electron chi connectivity index (χ3n) is 0.531. The van der Waals surface area contributed by atoms with Gasteiger partial charge in [-0.3, -0.25) is 0 Å². The van der Waals surface area contributed by atoms with Crippen LogP contribution in [0.1, 0.15) is 0 Å². The van der Waals surface area contributed by atoms with Crippen molar-refractivity contribution < 1.29 is 4.52 Å². The van der Waals surface area contributed by atoms with Crippen LogP contribution in [0, 0.1) is 0 Å². The van der Waals surface area contributed by atoms with Gasteiger partial charge in [-0.1, -0.05) is 12.2 Å². The van der Waals surface area contributed by atoms with Crippen LogP contribution in [0.3, 0.4) is 0 Å². The summed E-state index contributed by atoms with van der Waals surface area (Å²) < 4.78 is 5.06. The fraction of sp³-hybridized carbons (Fsp3) is 0.333. The van der Waals surface area contributed by atoms with Crippen LogP contribution >= 0.6 is 8.81 Å². The molecule has 1 unspecified atom stereocenters. The maximum absolute atomic E-state index is 5.06. The third kappa shape index (κ3) is 5.87. The Kier molecular flexibility index (Phi) is 6.76. The highest BCUT2D eigenvalue weighted by molar-refractivity contribution is 7.32. The topological polar surface area (TPSA) is 9.23 Å². The first kappa shape index (κ1) is 7.87. The number of hydrogen-bond acceptors (Lipinski definition) is 1. The summed E-state index contributed by atoms with van der Waals surface area (Å²) in [5, 5.41) is 0. The Morgan fingerprint density at radius 2 is 2.12 bits per heavy atom. The van der Waals surface area contributed by atoms with Gasteiger partial charge < -0.3 is 4.52 Å². The van der Waals surface area contributed by atoms with Crippen molar-refractivity contribution in [1.82, 2.24) is 0 Å². The number of rotatable bonds is 5. The molecule has 0 bridgehead atoms. The molecule has 0 aliphatic rings. The summed E-state index contributed by atoms with van der Waals surface area (Å²) in [6, 6.07) is 0. The van der Waals surface area contributed by atoms with Gasteiger partial charge in [0.15, 0.2) is 0 Å². The summed E-state index contributed by atoms with van der Waals surface area (Å²) in [6.07, 6.45) is 4.55. The van der Waals surface area contributed by atoms with E-state index in [1.54, 1.807) is 6.08 Å². The van der Waals surface area contributed by atoms with Gasteiger partial charge in [0, 0.05) is 15.0 Å². The Morgan fingerprint density at radius 1 is 1.38 bits per heavy atom. The molecule has 46 valence electrons.